The first-order chi connectivity index (χ1) is 18.2. The number of nitrogens with one attached hydrogen (secondary N) is 1. The zero-order valence-corrected chi connectivity index (χ0v) is 20.5. The third kappa shape index (κ3) is 4.76. The van der Waals surface area contributed by atoms with Gasteiger partial charge in [-0.3, -0.25) is 9.59 Å². The molecule has 0 radical (unpaired) electrons. The molecule has 0 aliphatic carbocycles. The number of furan rings is 1. The van der Waals surface area contributed by atoms with Gasteiger partial charge in [0, 0.05) is 24.9 Å². The molecule has 0 bridgehead atoms. The van der Waals surface area contributed by atoms with Gasteiger partial charge in [-0.25, -0.2) is 4.98 Å². The minimum Gasteiger partial charge on any atom is -0.497 e. The maximum absolute atomic E-state index is 13.2. The molecule has 0 saturated heterocycles. The van der Waals surface area contributed by atoms with Gasteiger partial charge in [-0.05, 0) is 42.0 Å². The SMILES string of the molecule is COc1ccc2oc(C(=O)N3CCc4nc(NCc5ccc(C(F)(F)F)cc5)n(OC)c(=O)c4C3)cc2c1. The lowest BCUT2D eigenvalue weighted by Gasteiger charge is -2.28. The summed E-state index contributed by atoms with van der Waals surface area (Å²) in [6, 6.07) is 11.5. The summed E-state index contributed by atoms with van der Waals surface area (Å²) in [4.78, 5) is 37.6. The molecule has 1 aliphatic rings. The summed E-state index contributed by atoms with van der Waals surface area (Å²) >= 11 is 0. The van der Waals surface area contributed by atoms with Gasteiger partial charge in [0.15, 0.2) is 5.76 Å². The van der Waals surface area contributed by atoms with Crippen LogP contribution in [0.1, 0.15) is 32.9 Å². The van der Waals surface area contributed by atoms with Gasteiger partial charge in [-0.15, -0.1) is 4.73 Å². The van der Waals surface area contributed by atoms with Crippen LogP contribution >= 0.6 is 0 Å². The summed E-state index contributed by atoms with van der Waals surface area (Å²) in [7, 11) is 2.85. The average molecular weight is 528 g/mol. The second-order valence-electron chi connectivity index (χ2n) is 8.68. The van der Waals surface area contributed by atoms with Crippen LogP contribution in [0.5, 0.6) is 5.75 Å². The van der Waals surface area contributed by atoms with Crippen LogP contribution in [0.3, 0.4) is 0 Å². The van der Waals surface area contributed by atoms with E-state index in [1.54, 1.807) is 31.4 Å². The van der Waals surface area contributed by atoms with Crippen molar-refractivity contribution in [3.8, 4) is 5.75 Å². The lowest BCUT2D eigenvalue weighted by Crippen LogP contribution is -2.42. The van der Waals surface area contributed by atoms with E-state index in [0.29, 0.717) is 41.1 Å². The van der Waals surface area contributed by atoms with Gasteiger partial charge in [0.1, 0.15) is 18.4 Å². The van der Waals surface area contributed by atoms with Crippen molar-refractivity contribution in [3.05, 3.63) is 87.0 Å². The standard InChI is InChI=1S/C26H23F3N4O5/c1-36-18-7-8-21-16(11-18)12-22(38-21)24(35)32-10-9-20-19(14-32)23(34)33(37-2)25(31-20)30-13-15-3-5-17(6-4-15)26(27,28)29/h3-8,11-12H,9-10,13-14H2,1-2H3,(H,30,31). The quantitative estimate of drug-likeness (QED) is 0.406. The van der Waals surface area contributed by atoms with Crippen LogP contribution < -0.4 is 20.5 Å². The minimum absolute atomic E-state index is 0.0168. The fourth-order valence-electron chi connectivity index (χ4n) is 4.32. The molecule has 0 unspecified atom stereocenters. The highest BCUT2D eigenvalue weighted by molar-refractivity contribution is 5.96. The van der Waals surface area contributed by atoms with Crippen molar-refractivity contribution in [3.63, 3.8) is 0 Å². The summed E-state index contributed by atoms with van der Waals surface area (Å²) in [6.45, 7) is 0.449. The number of benzene rings is 2. The molecule has 9 nitrogen and oxygen atoms in total. The Balaban J connectivity index is 1.34. The Labute approximate surface area is 214 Å². The van der Waals surface area contributed by atoms with Crippen LogP contribution in [-0.4, -0.2) is 41.3 Å². The highest BCUT2D eigenvalue weighted by Gasteiger charge is 2.30. The van der Waals surface area contributed by atoms with Gasteiger partial charge < -0.3 is 24.2 Å². The molecule has 1 N–H and O–H groups in total. The predicted octanol–water partition coefficient (Wildman–Crippen LogP) is 3.89. The lowest BCUT2D eigenvalue weighted by molar-refractivity contribution is -0.137. The Morgan fingerprint density at radius 1 is 1.13 bits per heavy atom. The molecule has 4 aromatic rings. The van der Waals surface area contributed by atoms with Crippen molar-refractivity contribution in [1.29, 1.82) is 0 Å². The molecule has 1 aliphatic heterocycles. The monoisotopic (exact) mass is 528 g/mol. The Bertz CT molecular complexity index is 1560. The number of anilines is 1. The van der Waals surface area contributed by atoms with Crippen molar-refractivity contribution in [2.75, 3.05) is 26.1 Å². The van der Waals surface area contributed by atoms with E-state index < -0.39 is 17.3 Å². The Kier molecular flexibility index (Phi) is 6.47. The molecule has 38 heavy (non-hydrogen) atoms. The zero-order chi connectivity index (χ0) is 27.0. The molecule has 0 saturated carbocycles. The van der Waals surface area contributed by atoms with Crippen molar-refractivity contribution in [2.24, 2.45) is 0 Å². The highest BCUT2D eigenvalue weighted by Crippen LogP contribution is 2.29. The maximum atomic E-state index is 13.2. The molecular weight excluding hydrogens is 505 g/mol. The second-order valence-corrected chi connectivity index (χ2v) is 8.68. The number of amides is 1. The van der Waals surface area contributed by atoms with E-state index in [-0.39, 0.29) is 30.7 Å². The summed E-state index contributed by atoms with van der Waals surface area (Å²) in [5.74, 6) is 0.533. The third-order valence-corrected chi connectivity index (χ3v) is 6.33. The predicted molar refractivity (Wildman–Crippen MR) is 131 cm³/mol. The molecule has 3 heterocycles. The first kappa shape index (κ1) is 25.2. The van der Waals surface area contributed by atoms with Crippen molar-refractivity contribution >= 4 is 22.8 Å². The Morgan fingerprint density at radius 3 is 2.58 bits per heavy atom. The minimum atomic E-state index is -4.42. The van der Waals surface area contributed by atoms with Gasteiger partial charge in [-0.2, -0.15) is 13.2 Å². The van der Waals surface area contributed by atoms with E-state index in [9.17, 15) is 22.8 Å². The number of ether oxygens (including phenoxy) is 1. The van der Waals surface area contributed by atoms with E-state index in [4.69, 9.17) is 14.0 Å². The number of carbonyl (C=O) groups excluding carboxylic acids is 1. The third-order valence-electron chi connectivity index (χ3n) is 6.33. The van der Waals surface area contributed by atoms with Gasteiger partial charge in [0.25, 0.3) is 11.5 Å². The van der Waals surface area contributed by atoms with Crippen LogP contribution in [0.2, 0.25) is 0 Å². The number of nitrogens with zero attached hydrogens (tertiary/aromatic N) is 3. The van der Waals surface area contributed by atoms with Crippen molar-refractivity contribution in [2.45, 2.75) is 25.7 Å². The largest absolute Gasteiger partial charge is 0.497 e. The molecule has 1 amide bonds. The van der Waals surface area contributed by atoms with Crippen LogP contribution in [0.4, 0.5) is 19.1 Å². The number of hydrogen-bond donors (Lipinski definition) is 1. The molecule has 2 aromatic carbocycles. The summed E-state index contributed by atoms with van der Waals surface area (Å²) in [5.41, 5.74) is 0.690. The lowest BCUT2D eigenvalue weighted by atomic mass is 10.1. The maximum Gasteiger partial charge on any atom is 0.416 e. The molecule has 12 heteroatoms. The second kappa shape index (κ2) is 9.77. The molecule has 0 atom stereocenters. The summed E-state index contributed by atoms with van der Waals surface area (Å²) in [6.07, 6.45) is -4.10. The first-order valence-corrected chi connectivity index (χ1v) is 11.6. The van der Waals surface area contributed by atoms with Crippen LogP contribution in [0.15, 0.2) is 57.7 Å². The summed E-state index contributed by atoms with van der Waals surface area (Å²) < 4.78 is 50.3. The van der Waals surface area contributed by atoms with Gasteiger partial charge in [0.05, 0.1) is 30.5 Å². The molecule has 198 valence electrons. The highest BCUT2D eigenvalue weighted by atomic mass is 19.4. The topological polar surface area (TPSA) is 98.8 Å². The van der Waals surface area contributed by atoms with Gasteiger partial charge >= 0.3 is 6.18 Å². The van der Waals surface area contributed by atoms with E-state index in [1.807, 2.05) is 0 Å². The number of halogens is 3. The van der Waals surface area contributed by atoms with Crippen LogP contribution in [0.25, 0.3) is 11.0 Å². The van der Waals surface area contributed by atoms with Crippen LogP contribution in [-0.2, 0) is 25.7 Å². The smallest absolute Gasteiger partial charge is 0.416 e. The zero-order valence-electron chi connectivity index (χ0n) is 20.5. The first-order valence-electron chi connectivity index (χ1n) is 11.6. The van der Waals surface area contributed by atoms with Gasteiger partial charge in [0.2, 0.25) is 5.95 Å². The normalized spacial score (nSPS) is 13.3. The Hall–Kier alpha value is -4.48. The fourth-order valence-corrected chi connectivity index (χ4v) is 4.32. The van der Waals surface area contributed by atoms with Crippen LogP contribution in [0, 0.1) is 0 Å². The van der Waals surface area contributed by atoms with E-state index in [2.05, 4.69) is 10.3 Å². The molecule has 5 rings (SSSR count). The number of methoxy groups -OCH3 is 1. The number of hydrogen-bond acceptors (Lipinski definition) is 7. The number of carbonyl (C=O) groups is 1. The molecule has 2 aromatic heterocycles. The Morgan fingerprint density at radius 2 is 1.89 bits per heavy atom. The number of fused-ring (bicyclic) bond motifs is 2. The summed E-state index contributed by atoms with van der Waals surface area (Å²) in [5, 5.41) is 3.67. The molecule has 0 fully saturated rings. The average Bonchev–Trinajstić information content (AvgIpc) is 3.34. The van der Waals surface area contributed by atoms with Gasteiger partial charge in [-0.1, -0.05) is 12.1 Å². The number of alkyl halides is 3. The molecular formula is C26H23F3N4O5. The van der Waals surface area contributed by atoms with Crippen molar-refractivity contribution in [1.82, 2.24) is 14.6 Å². The van der Waals surface area contributed by atoms with E-state index >= 15 is 0 Å². The number of rotatable bonds is 6. The van der Waals surface area contributed by atoms with E-state index in [1.165, 1.54) is 24.1 Å². The number of aromatic nitrogens is 2. The van der Waals surface area contributed by atoms with E-state index in [0.717, 1.165) is 22.2 Å². The molecule has 0 spiro atoms. The van der Waals surface area contributed by atoms with Crippen molar-refractivity contribution < 1.29 is 32.0 Å². The fraction of sp³-hybridized carbons (Fsp3) is 0.269.